The van der Waals surface area contributed by atoms with E-state index in [1.807, 2.05) is 53.4 Å². The van der Waals surface area contributed by atoms with Crippen molar-refractivity contribution >= 4 is 28.3 Å². The third-order valence-corrected chi connectivity index (χ3v) is 6.34. The van der Waals surface area contributed by atoms with E-state index in [9.17, 15) is 9.59 Å². The van der Waals surface area contributed by atoms with Crippen LogP contribution in [0.5, 0.6) is 0 Å². The number of para-hydroxylation sites is 2. The van der Waals surface area contributed by atoms with Crippen molar-refractivity contribution < 1.29 is 4.79 Å². The summed E-state index contributed by atoms with van der Waals surface area (Å²) >= 11 is 1.72. The Bertz CT molecular complexity index is 1220. The number of carbonyl (C=O) groups is 1. The third-order valence-electron chi connectivity index (χ3n) is 5.61. The lowest BCUT2D eigenvalue weighted by Gasteiger charge is -2.34. The van der Waals surface area contributed by atoms with E-state index >= 15 is 0 Å². The lowest BCUT2D eigenvalue weighted by molar-refractivity contribution is 0.0628. The normalized spacial score (nSPS) is 15.0. The highest BCUT2D eigenvalue weighted by molar-refractivity contribution is 7.07. The summed E-state index contributed by atoms with van der Waals surface area (Å²) in [6.45, 7) is 4.16. The number of amides is 1. The number of imidazole rings is 1. The topological polar surface area (TPSA) is 61.3 Å². The Morgan fingerprint density at radius 1 is 0.967 bits per heavy atom. The monoisotopic (exact) mass is 418 g/mol. The molecule has 6 nitrogen and oxygen atoms in total. The maximum Gasteiger partial charge on any atom is 0.331 e. The first-order valence-electron chi connectivity index (χ1n) is 10.0. The number of rotatable bonds is 4. The molecule has 1 fully saturated rings. The van der Waals surface area contributed by atoms with Crippen LogP contribution in [0.25, 0.3) is 16.7 Å². The van der Waals surface area contributed by atoms with Crippen molar-refractivity contribution in [3.8, 4) is 5.69 Å². The predicted octanol–water partition coefficient (Wildman–Crippen LogP) is 3.34. The smallest absolute Gasteiger partial charge is 0.331 e. The van der Waals surface area contributed by atoms with Crippen LogP contribution in [0.2, 0.25) is 0 Å². The van der Waals surface area contributed by atoms with Crippen LogP contribution >= 0.6 is 11.3 Å². The fourth-order valence-electron chi connectivity index (χ4n) is 4.00. The summed E-state index contributed by atoms with van der Waals surface area (Å²) in [6, 6.07) is 17.0. The number of aromatic nitrogens is 2. The van der Waals surface area contributed by atoms with Crippen LogP contribution in [0.15, 0.2) is 70.2 Å². The molecule has 0 atom stereocenters. The number of aromatic amines is 1. The van der Waals surface area contributed by atoms with Gasteiger partial charge in [0.2, 0.25) is 0 Å². The molecule has 1 saturated heterocycles. The Balaban J connectivity index is 1.28. The molecule has 2 aromatic heterocycles. The summed E-state index contributed by atoms with van der Waals surface area (Å²) in [5.74, 6) is 0.0445. The zero-order valence-electron chi connectivity index (χ0n) is 16.5. The zero-order chi connectivity index (χ0) is 20.5. The first-order chi connectivity index (χ1) is 14.7. The fraction of sp³-hybridized carbons (Fsp3) is 0.217. The molecule has 1 aliphatic heterocycles. The summed E-state index contributed by atoms with van der Waals surface area (Å²) in [5.41, 5.74) is 4.17. The van der Waals surface area contributed by atoms with Crippen LogP contribution in [0.3, 0.4) is 0 Å². The van der Waals surface area contributed by atoms with Gasteiger partial charge >= 0.3 is 5.69 Å². The number of carbonyl (C=O) groups excluding carboxylic acids is 1. The standard InChI is InChI=1S/C23H22N4O2S/c28-22(26-12-10-25(11-13-26)15-17-9-14-30-16-17)18-5-7-19(8-6-18)27-21-4-2-1-3-20(21)24-23(27)29/h1-9,14,16H,10-13,15H2,(H,24,29). The second kappa shape index (κ2) is 7.93. The molecule has 2 aromatic carbocycles. The maximum absolute atomic E-state index is 12.9. The average Bonchev–Trinajstić information content (AvgIpc) is 3.40. The van der Waals surface area contributed by atoms with Crippen LogP contribution in [-0.4, -0.2) is 51.4 Å². The van der Waals surface area contributed by atoms with Gasteiger partial charge in [-0.2, -0.15) is 11.3 Å². The zero-order valence-corrected chi connectivity index (χ0v) is 17.3. The summed E-state index contributed by atoms with van der Waals surface area (Å²) in [7, 11) is 0. The van der Waals surface area contributed by atoms with Gasteiger partial charge in [-0.15, -0.1) is 0 Å². The van der Waals surface area contributed by atoms with Gasteiger partial charge in [0.15, 0.2) is 0 Å². The first-order valence-corrected chi connectivity index (χ1v) is 11.0. The van der Waals surface area contributed by atoms with Crippen molar-refractivity contribution in [1.29, 1.82) is 0 Å². The van der Waals surface area contributed by atoms with E-state index < -0.39 is 0 Å². The SMILES string of the molecule is O=C(c1ccc(-n2c(=O)[nH]c3ccccc32)cc1)N1CCN(Cc2ccsc2)CC1. The summed E-state index contributed by atoms with van der Waals surface area (Å²) in [6.07, 6.45) is 0. The van der Waals surface area contributed by atoms with E-state index in [1.165, 1.54) is 5.56 Å². The number of thiophene rings is 1. The fourth-order valence-corrected chi connectivity index (χ4v) is 4.66. The largest absolute Gasteiger partial charge is 0.336 e. The molecular formula is C23H22N4O2S. The molecule has 0 saturated carbocycles. The Morgan fingerprint density at radius 3 is 2.47 bits per heavy atom. The van der Waals surface area contributed by atoms with Crippen molar-refractivity contribution in [2.45, 2.75) is 6.54 Å². The molecule has 152 valence electrons. The lowest BCUT2D eigenvalue weighted by atomic mass is 10.1. The van der Waals surface area contributed by atoms with Crippen molar-refractivity contribution in [3.63, 3.8) is 0 Å². The second-order valence-electron chi connectivity index (χ2n) is 7.53. The Morgan fingerprint density at radius 2 is 1.73 bits per heavy atom. The van der Waals surface area contributed by atoms with E-state index in [4.69, 9.17) is 0 Å². The number of H-pyrrole nitrogens is 1. The molecule has 7 heteroatoms. The molecule has 0 radical (unpaired) electrons. The molecule has 1 aliphatic rings. The molecule has 4 aromatic rings. The summed E-state index contributed by atoms with van der Waals surface area (Å²) in [4.78, 5) is 32.5. The second-order valence-corrected chi connectivity index (χ2v) is 8.31. The molecule has 0 spiro atoms. The van der Waals surface area contributed by atoms with Crippen molar-refractivity contribution in [3.05, 3.63) is 87.0 Å². The Kier molecular flexibility index (Phi) is 4.98. The van der Waals surface area contributed by atoms with Gasteiger partial charge < -0.3 is 9.88 Å². The number of piperazine rings is 1. The number of benzene rings is 2. The molecule has 1 amide bonds. The van der Waals surface area contributed by atoms with E-state index in [0.29, 0.717) is 5.56 Å². The summed E-state index contributed by atoms with van der Waals surface area (Å²) < 4.78 is 1.63. The van der Waals surface area contributed by atoms with Gasteiger partial charge in [-0.25, -0.2) is 4.79 Å². The van der Waals surface area contributed by atoms with Gasteiger partial charge in [0.1, 0.15) is 0 Å². The lowest BCUT2D eigenvalue weighted by Crippen LogP contribution is -2.48. The van der Waals surface area contributed by atoms with Crippen LogP contribution in [-0.2, 0) is 6.54 Å². The van der Waals surface area contributed by atoms with E-state index in [2.05, 4.69) is 26.7 Å². The molecule has 1 N–H and O–H groups in total. The number of hydrogen-bond donors (Lipinski definition) is 1. The van der Waals surface area contributed by atoms with E-state index in [0.717, 1.165) is 49.4 Å². The van der Waals surface area contributed by atoms with Gasteiger partial charge in [0, 0.05) is 38.3 Å². The minimum atomic E-state index is -0.183. The maximum atomic E-state index is 12.9. The molecule has 0 bridgehead atoms. The quantitative estimate of drug-likeness (QED) is 0.553. The highest BCUT2D eigenvalue weighted by Crippen LogP contribution is 2.18. The average molecular weight is 419 g/mol. The highest BCUT2D eigenvalue weighted by Gasteiger charge is 2.22. The van der Waals surface area contributed by atoms with Gasteiger partial charge in [-0.3, -0.25) is 14.3 Å². The molecule has 0 unspecified atom stereocenters. The number of fused-ring (bicyclic) bond motifs is 1. The Hall–Kier alpha value is -3.16. The Labute approximate surface area is 178 Å². The van der Waals surface area contributed by atoms with Crippen LogP contribution < -0.4 is 5.69 Å². The molecule has 3 heterocycles. The van der Waals surface area contributed by atoms with E-state index in [1.54, 1.807) is 15.9 Å². The minimum Gasteiger partial charge on any atom is -0.336 e. The molecule has 0 aliphatic carbocycles. The number of hydrogen-bond acceptors (Lipinski definition) is 4. The highest BCUT2D eigenvalue weighted by atomic mass is 32.1. The van der Waals surface area contributed by atoms with Crippen molar-refractivity contribution in [2.75, 3.05) is 26.2 Å². The van der Waals surface area contributed by atoms with E-state index in [-0.39, 0.29) is 11.6 Å². The third kappa shape index (κ3) is 3.58. The van der Waals surface area contributed by atoms with Gasteiger partial charge in [-0.05, 0) is 58.8 Å². The van der Waals surface area contributed by atoms with Crippen LogP contribution in [0.4, 0.5) is 0 Å². The predicted molar refractivity (Wildman–Crippen MR) is 119 cm³/mol. The van der Waals surface area contributed by atoms with Crippen molar-refractivity contribution in [1.82, 2.24) is 19.4 Å². The van der Waals surface area contributed by atoms with Gasteiger partial charge in [0.25, 0.3) is 5.91 Å². The number of nitrogens with one attached hydrogen (secondary N) is 1. The van der Waals surface area contributed by atoms with Gasteiger partial charge in [0.05, 0.1) is 16.7 Å². The number of nitrogens with zero attached hydrogens (tertiary/aromatic N) is 3. The first kappa shape index (κ1) is 18.8. The van der Waals surface area contributed by atoms with Crippen LogP contribution in [0, 0.1) is 0 Å². The molecular weight excluding hydrogens is 396 g/mol. The van der Waals surface area contributed by atoms with Crippen LogP contribution in [0.1, 0.15) is 15.9 Å². The molecule has 30 heavy (non-hydrogen) atoms. The van der Waals surface area contributed by atoms with Crippen molar-refractivity contribution in [2.24, 2.45) is 0 Å². The summed E-state index contributed by atoms with van der Waals surface area (Å²) in [5, 5.41) is 4.28. The van der Waals surface area contributed by atoms with Gasteiger partial charge in [-0.1, -0.05) is 12.1 Å². The minimum absolute atomic E-state index is 0.0445. The molecule has 5 rings (SSSR count).